The minimum Gasteiger partial charge on any atom is -0.338 e. The van der Waals surface area contributed by atoms with Gasteiger partial charge in [-0.3, -0.25) is 4.90 Å². The second kappa shape index (κ2) is 6.05. The molecule has 0 amide bonds. The van der Waals surface area contributed by atoms with Crippen LogP contribution in [0.1, 0.15) is 58.2 Å². The minimum absolute atomic E-state index is 0.0456. The van der Waals surface area contributed by atoms with Gasteiger partial charge in [0.05, 0.1) is 6.54 Å². The largest absolute Gasteiger partial charge is 0.338 e. The summed E-state index contributed by atoms with van der Waals surface area (Å²) in [6.45, 7) is 10.6. The van der Waals surface area contributed by atoms with Gasteiger partial charge in [-0.2, -0.15) is 4.98 Å². The Morgan fingerprint density at radius 3 is 2.62 bits per heavy atom. The van der Waals surface area contributed by atoms with Gasteiger partial charge in [0.1, 0.15) is 0 Å². The van der Waals surface area contributed by atoms with E-state index in [1.807, 2.05) is 0 Å². The highest BCUT2D eigenvalue weighted by Gasteiger charge is 2.28. The van der Waals surface area contributed by atoms with Crippen LogP contribution in [0.2, 0.25) is 0 Å². The van der Waals surface area contributed by atoms with E-state index in [4.69, 9.17) is 4.52 Å². The molecule has 118 valence electrons. The highest BCUT2D eigenvalue weighted by molar-refractivity contribution is 5.00. The lowest BCUT2D eigenvalue weighted by atomic mass is 9.96. The molecule has 1 atom stereocenters. The van der Waals surface area contributed by atoms with Crippen LogP contribution in [-0.2, 0) is 12.0 Å². The molecule has 1 aliphatic carbocycles. The summed E-state index contributed by atoms with van der Waals surface area (Å²) in [6, 6.07) is 0.633. The first kappa shape index (κ1) is 15.0. The van der Waals surface area contributed by atoms with E-state index in [-0.39, 0.29) is 5.41 Å². The molecule has 1 aromatic rings. The Bertz CT molecular complexity index is 455. The second-order valence-electron chi connectivity index (χ2n) is 7.69. The quantitative estimate of drug-likeness (QED) is 0.872. The third-order valence-electron chi connectivity index (χ3n) is 4.35. The van der Waals surface area contributed by atoms with E-state index in [0.717, 1.165) is 37.3 Å². The topological polar surface area (TPSA) is 54.2 Å². The molecule has 0 radical (unpaired) electrons. The standard InChI is InChI=1S/C16H28N4O/c1-16(2,3)15-18-14(21-19-15)11-20(9-12-6-7-12)10-13-5-4-8-17-13/h12-13,17H,4-11H2,1-3H3. The van der Waals surface area contributed by atoms with Crippen molar-refractivity contribution in [1.82, 2.24) is 20.4 Å². The van der Waals surface area contributed by atoms with Crippen LogP contribution in [0.25, 0.3) is 0 Å². The third-order valence-corrected chi connectivity index (χ3v) is 4.35. The first-order valence-electron chi connectivity index (χ1n) is 8.29. The molecule has 1 saturated heterocycles. The van der Waals surface area contributed by atoms with Crippen LogP contribution >= 0.6 is 0 Å². The van der Waals surface area contributed by atoms with E-state index in [2.05, 4.69) is 41.1 Å². The van der Waals surface area contributed by atoms with Crippen molar-refractivity contribution in [1.29, 1.82) is 0 Å². The maximum absolute atomic E-state index is 5.46. The molecule has 1 saturated carbocycles. The molecule has 1 aromatic heterocycles. The first-order valence-corrected chi connectivity index (χ1v) is 8.29. The molecular formula is C16H28N4O. The van der Waals surface area contributed by atoms with Gasteiger partial charge in [0.15, 0.2) is 5.82 Å². The average Bonchev–Trinajstić information content (AvgIpc) is 2.90. The summed E-state index contributed by atoms with van der Waals surface area (Å²) in [5.74, 6) is 2.46. The van der Waals surface area contributed by atoms with Crippen molar-refractivity contribution < 1.29 is 4.52 Å². The van der Waals surface area contributed by atoms with Crippen LogP contribution in [0, 0.1) is 5.92 Å². The summed E-state index contributed by atoms with van der Waals surface area (Å²) in [4.78, 5) is 7.08. The fraction of sp³-hybridized carbons (Fsp3) is 0.875. The van der Waals surface area contributed by atoms with Crippen molar-refractivity contribution in [3.8, 4) is 0 Å². The van der Waals surface area contributed by atoms with Crippen molar-refractivity contribution >= 4 is 0 Å². The second-order valence-corrected chi connectivity index (χ2v) is 7.69. The molecule has 3 rings (SSSR count). The average molecular weight is 292 g/mol. The van der Waals surface area contributed by atoms with E-state index >= 15 is 0 Å². The Balaban J connectivity index is 1.60. The van der Waals surface area contributed by atoms with Crippen LogP contribution in [0.5, 0.6) is 0 Å². The molecule has 2 aliphatic rings. The molecular weight excluding hydrogens is 264 g/mol. The number of rotatable bonds is 6. The van der Waals surface area contributed by atoms with Crippen molar-refractivity contribution in [2.24, 2.45) is 5.92 Å². The molecule has 5 nitrogen and oxygen atoms in total. The van der Waals surface area contributed by atoms with E-state index in [1.165, 1.54) is 32.2 Å². The maximum atomic E-state index is 5.46. The molecule has 2 fully saturated rings. The predicted octanol–water partition coefficient (Wildman–Crippen LogP) is 2.33. The maximum Gasteiger partial charge on any atom is 0.240 e. The monoisotopic (exact) mass is 292 g/mol. The van der Waals surface area contributed by atoms with Crippen LogP contribution in [0.3, 0.4) is 0 Å². The third kappa shape index (κ3) is 4.27. The SMILES string of the molecule is CC(C)(C)c1noc(CN(CC2CC2)CC2CCCN2)n1. The van der Waals surface area contributed by atoms with Crippen LogP contribution in [0.4, 0.5) is 0 Å². The fourth-order valence-electron chi connectivity index (χ4n) is 2.91. The first-order chi connectivity index (χ1) is 10.0. The van der Waals surface area contributed by atoms with Gasteiger partial charge in [0.25, 0.3) is 0 Å². The van der Waals surface area contributed by atoms with Gasteiger partial charge in [-0.15, -0.1) is 0 Å². The summed E-state index contributed by atoms with van der Waals surface area (Å²) in [5, 5.41) is 7.73. The smallest absolute Gasteiger partial charge is 0.240 e. The Kier molecular flexibility index (Phi) is 4.31. The van der Waals surface area contributed by atoms with Gasteiger partial charge in [-0.05, 0) is 38.1 Å². The lowest BCUT2D eigenvalue weighted by Gasteiger charge is -2.24. The van der Waals surface area contributed by atoms with Crippen LogP contribution in [-0.4, -0.2) is 40.7 Å². The summed E-state index contributed by atoms with van der Waals surface area (Å²) >= 11 is 0. The number of hydrogen-bond acceptors (Lipinski definition) is 5. The molecule has 0 bridgehead atoms. The van der Waals surface area contributed by atoms with Crippen molar-refractivity contribution in [3.63, 3.8) is 0 Å². The van der Waals surface area contributed by atoms with Crippen molar-refractivity contribution in [2.45, 2.75) is 64.5 Å². The Morgan fingerprint density at radius 2 is 2.05 bits per heavy atom. The van der Waals surface area contributed by atoms with Gasteiger partial charge in [0, 0.05) is 24.5 Å². The van der Waals surface area contributed by atoms with Crippen molar-refractivity contribution in [3.05, 3.63) is 11.7 Å². The Labute approximate surface area is 127 Å². The number of nitrogens with zero attached hydrogens (tertiary/aromatic N) is 3. The van der Waals surface area contributed by atoms with E-state index in [1.54, 1.807) is 0 Å². The highest BCUT2D eigenvalue weighted by Crippen LogP contribution is 2.30. The summed E-state index contributed by atoms with van der Waals surface area (Å²) in [5.41, 5.74) is -0.0456. The molecule has 0 aromatic carbocycles. The minimum atomic E-state index is -0.0456. The lowest BCUT2D eigenvalue weighted by molar-refractivity contribution is 0.202. The highest BCUT2D eigenvalue weighted by atomic mass is 16.5. The molecule has 1 N–H and O–H groups in total. The van der Waals surface area contributed by atoms with Gasteiger partial charge in [0.2, 0.25) is 5.89 Å². The van der Waals surface area contributed by atoms with Crippen molar-refractivity contribution in [2.75, 3.05) is 19.6 Å². The van der Waals surface area contributed by atoms with E-state index in [0.29, 0.717) is 6.04 Å². The molecule has 0 spiro atoms. The molecule has 1 unspecified atom stereocenters. The Morgan fingerprint density at radius 1 is 1.24 bits per heavy atom. The van der Waals surface area contributed by atoms with Gasteiger partial charge in [-0.1, -0.05) is 25.9 Å². The molecule has 21 heavy (non-hydrogen) atoms. The Hall–Kier alpha value is -0.940. The zero-order valence-corrected chi connectivity index (χ0v) is 13.6. The van der Waals surface area contributed by atoms with Crippen LogP contribution in [0.15, 0.2) is 4.52 Å². The van der Waals surface area contributed by atoms with E-state index < -0.39 is 0 Å². The fourth-order valence-corrected chi connectivity index (χ4v) is 2.91. The lowest BCUT2D eigenvalue weighted by Crippen LogP contribution is -2.38. The number of aromatic nitrogens is 2. The number of nitrogens with one attached hydrogen (secondary N) is 1. The zero-order chi connectivity index (χ0) is 14.9. The zero-order valence-electron chi connectivity index (χ0n) is 13.6. The van der Waals surface area contributed by atoms with Gasteiger partial charge >= 0.3 is 0 Å². The summed E-state index contributed by atoms with van der Waals surface area (Å²) in [7, 11) is 0. The van der Waals surface area contributed by atoms with E-state index in [9.17, 15) is 0 Å². The normalized spacial score (nSPS) is 23.1. The summed E-state index contributed by atoms with van der Waals surface area (Å²) in [6.07, 6.45) is 5.35. The predicted molar refractivity (Wildman–Crippen MR) is 82.0 cm³/mol. The summed E-state index contributed by atoms with van der Waals surface area (Å²) < 4.78 is 5.46. The number of hydrogen-bond donors (Lipinski definition) is 1. The van der Waals surface area contributed by atoms with Gasteiger partial charge in [-0.25, -0.2) is 0 Å². The van der Waals surface area contributed by atoms with Gasteiger partial charge < -0.3 is 9.84 Å². The molecule has 5 heteroatoms. The molecule has 1 aliphatic heterocycles. The van der Waals surface area contributed by atoms with Crippen LogP contribution < -0.4 is 5.32 Å². The molecule has 2 heterocycles.